The van der Waals surface area contributed by atoms with E-state index in [2.05, 4.69) is 34.0 Å². The first-order valence-electron chi connectivity index (χ1n) is 10.2. The summed E-state index contributed by atoms with van der Waals surface area (Å²) in [5.41, 5.74) is 4.53. The molecule has 0 atom stereocenters. The second-order valence-electron chi connectivity index (χ2n) is 7.94. The molecule has 1 saturated heterocycles. The molecule has 5 rings (SSSR count). The highest BCUT2D eigenvalue weighted by molar-refractivity contribution is 7.19. The van der Waals surface area contributed by atoms with Crippen molar-refractivity contribution >= 4 is 27.5 Å². The highest BCUT2D eigenvalue weighted by Gasteiger charge is 2.23. The lowest BCUT2D eigenvalue weighted by Gasteiger charge is -2.29. The van der Waals surface area contributed by atoms with Gasteiger partial charge in [0, 0.05) is 42.8 Å². The number of pyridine rings is 1. The van der Waals surface area contributed by atoms with Gasteiger partial charge in [0.05, 0.1) is 28.4 Å². The van der Waals surface area contributed by atoms with E-state index in [1.54, 1.807) is 16.0 Å². The predicted octanol–water partition coefficient (Wildman–Crippen LogP) is 4.87. The zero-order chi connectivity index (χ0) is 20.7. The molecule has 0 amide bonds. The van der Waals surface area contributed by atoms with Gasteiger partial charge < -0.3 is 4.90 Å². The molecule has 150 valence electrons. The number of thiazole rings is 1. The molecule has 0 saturated carbocycles. The smallest absolute Gasteiger partial charge is 0.186 e. The van der Waals surface area contributed by atoms with Crippen molar-refractivity contribution in [2.45, 2.75) is 19.8 Å². The van der Waals surface area contributed by atoms with Crippen molar-refractivity contribution in [3.05, 3.63) is 48.3 Å². The van der Waals surface area contributed by atoms with Crippen LogP contribution in [0.25, 0.3) is 32.7 Å². The van der Waals surface area contributed by atoms with Crippen LogP contribution in [-0.4, -0.2) is 32.8 Å². The number of rotatable bonds is 3. The van der Waals surface area contributed by atoms with Gasteiger partial charge in [0.2, 0.25) is 0 Å². The van der Waals surface area contributed by atoms with Crippen LogP contribution >= 0.6 is 11.3 Å². The van der Waals surface area contributed by atoms with Crippen molar-refractivity contribution in [3.63, 3.8) is 0 Å². The van der Waals surface area contributed by atoms with Gasteiger partial charge in [-0.3, -0.25) is 4.68 Å². The van der Waals surface area contributed by atoms with Crippen LogP contribution in [0.2, 0.25) is 0 Å². The van der Waals surface area contributed by atoms with E-state index < -0.39 is 0 Å². The van der Waals surface area contributed by atoms with Crippen molar-refractivity contribution in [2.24, 2.45) is 13.0 Å². The zero-order valence-corrected chi connectivity index (χ0v) is 17.9. The molecule has 0 bridgehead atoms. The Bertz CT molecular complexity index is 1240. The number of fused-ring (bicyclic) bond motifs is 1. The van der Waals surface area contributed by atoms with Gasteiger partial charge in [-0.25, -0.2) is 9.97 Å². The number of nitriles is 1. The van der Waals surface area contributed by atoms with Gasteiger partial charge >= 0.3 is 0 Å². The fourth-order valence-corrected chi connectivity index (χ4v) is 5.03. The van der Waals surface area contributed by atoms with E-state index >= 15 is 0 Å². The number of piperidine rings is 1. The minimum atomic E-state index is 0.652. The number of hydrogen-bond acceptors (Lipinski definition) is 6. The monoisotopic (exact) mass is 414 g/mol. The largest absolute Gasteiger partial charge is 0.348 e. The Balaban J connectivity index is 1.62. The molecule has 4 aromatic rings. The zero-order valence-electron chi connectivity index (χ0n) is 17.0. The van der Waals surface area contributed by atoms with E-state index in [0.29, 0.717) is 5.56 Å². The second kappa shape index (κ2) is 7.54. The Morgan fingerprint density at radius 3 is 2.60 bits per heavy atom. The molecule has 30 heavy (non-hydrogen) atoms. The molecule has 4 heterocycles. The number of aryl methyl sites for hydroxylation is 1. The highest BCUT2D eigenvalue weighted by Crippen LogP contribution is 2.41. The molecule has 0 N–H and O–H groups in total. The minimum Gasteiger partial charge on any atom is -0.348 e. The van der Waals surface area contributed by atoms with Gasteiger partial charge in [-0.1, -0.05) is 30.4 Å². The van der Waals surface area contributed by atoms with E-state index in [9.17, 15) is 0 Å². The summed E-state index contributed by atoms with van der Waals surface area (Å²) in [6, 6.07) is 12.0. The number of hydrogen-bond donors (Lipinski definition) is 0. The average molecular weight is 415 g/mol. The third-order valence-corrected chi connectivity index (χ3v) is 6.96. The maximum Gasteiger partial charge on any atom is 0.186 e. The van der Waals surface area contributed by atoms with E-state index in [0.717, 1.165) is 56.9 Å². The topological polar surface area (TPSA) is 70.6 Å². The number of aromatic nitrogens is 4. The Morgan fingerprint density at radius 2 is 1.87 bits per heavy atom. The summed E-state index contributed by atoms with van der Waals surface area (Å²) in [4.78, 5) is 13.2. The fraction of sp³-hybridized carbons (Fsp3) is 0.304. The van der Waals surface area contributed by atoms with E-state index in [1.807, 2.05) is 43.7 Å². The van der Waals surface area contributed by atoms with Crippen LogP contribution in [0.3, 0.4) is 0 Å². The van der Waals surface area contributed by atoms with Crippen molar-refractivity contribution in [3.8, 4) is 27.8 Å². The molecule has 3 aromatic heterocycles. The van der Waals surface area contributed by atoms with Gasteiger partial charge in [-0.2, -0.15) is 10.4 Å². The summed E-state index contributed by atoms with van der Waals surface area (Å²) >= 11 is 1.72. The Labute approximate surface area is 179 Å². The van der Waals surface area contributed by atoms with E-state index in [1.165, 1.54) is 12.8 Å². The van der Waals surface area contributed by atoms with Crippen molar-refractivity contribution in [1.29, 1.82) is 5.26 Å². The molecule has 7 heteroatoms. The van der Waals surface area contributed by atoms with Gasteiger partial charge in [-0.15, -0.1) is 0 Å². The first kappa shape index (κ1) is 18.8. The second-order valence-corrected chi connectivity index (χ2v) is 8.92. The van der Waals surface area contributed by atoms with E-state index in [-0.39, 0.29) is 0 Å². The Hall–Kier alpha value is -3.24. The minimum absolute atomic E-state index is 0.652. The van der Waals surface area contributed by atoms with Crippen molar-refractivity contribution in [2.75, 3.05) is 18.0 Å². The summed E-state index contributed by atoms with van der Waals surface area (Å²) in [5.74, 6) is 0.774. The average Bonchev–Trinajstić information content (AvgIpc) is 3.38. The van der Waals surface area contributed by atoms with Gasteiger partial charge in [0.15, 0.2) is 10.8 Å². The first-order chi connectivity index (χ1) is 14.6. The lowest BCUT2D eigenvalue weighted by Crippen LogP contribution is -2.32. The summed E-state index contributed by atoms with van der Waals surface area (Å²) in [7, 11) is 1.90. The normalized spacial score (nSPS) is 14.9. The third kappa shape index (κ3) is 3.33. The maximum absolute atomic E-state index is 9.14. The molecule has 1 fully saturated rings. The van der Waals surface area contributed by atoms with Gasteiger partial charge in [0.25, 0.3) is 0 Å². The van der Waals surface area contributed by atoms with Crippen molar-refractivity contribution < 1.29 is 0 Å². The Kier molecular flexibility index (Phi) is 4.72. The van der Waals surface area contributed by atoms with Crippen LogP contribution in [0.4, 0.5) is 5.13 Å². The molecule has 6 nitrogen and oxygen atoms in total. The highest BCUT2D eigenvalue weighted by atomic mass is 32.1. The van der Waals surface area contributed by atoms with Gasteiger partial charge in [-0.05, 0) is 37.0 Å². The van der Waals surface area contributed by atoms with Crippen LogP contribution in [0.5, 0.6) is 0 Å². The first-order valence-corrected chi connectivity index (χ1v) is 11.0. The summed E-state index contributed by atoms with van der Waals surface area (Å²) in [6.45, 7) is 4.41. The fourth-order valence-electron chi connectivity index (χ4n) is 3.91. The molecule has 0 spiro atoms. The molecular weight excluding hydrogens is 392 g/mol. The number of nitrogens with zero attached hydrogens (tertiary/aromatic N) is 6. The van der Waals surface area contributed by atoms with Crippen LogP contribution in [-0.2, 0) is 7.05 Å². The third-order valence-electron chi connectivity index (χ3n) is 5.79. The number of anilines is 1. The van der Waals surface area contributed by atoms with E-state index in [4.69, 9.17) is 10.2 Å². The maximum atomic E-state index is 9.14. The van der Waals surface area contributed by atoms with Crippen LogP contribution in [0, 0.1) is 17.2 Å². The standard InChI is InChI=1S/C23H22N6S/c1-15-7-9-29(10-8-15)23-27-20(17-5-3-16(12-24)4-6-17)21(30-23)18-11-19-14-26-28(2)22(19)25-13-18/h3-6,11,13-15H,7-10H2,1-2H3. The van der Waals surface area contributed by atoms with Crippen LogP contribution < -0.4 is 4.90 Å². The molecule has 0 radical (unpaired) electrons. The number of benzene rings is 1. The molecule has 1 aliphatic heterocycles. The van der Waals surface area contributed by atoms with Gasteiger partial charge in [0.1, 0.15) is 0 Å². The lowest BCUT2D eigenvalue weighted by atomic mass is 10.00. The Morgan fingerprint density at radius 1 is 1.10 bits per heavy atom. The predicted molar refractivity (Wildman–Crippen MR) is 120 cm³/mol. The van der Waals surface area contributed by atoms with Crippen molar-refractivity contribution in [1.82, 2.24) is 19.7 Å². The molecule has 1 aliphatic rings. The summed E-state index contributed by atoms with van der Waals surface area (Å²) in [5, 5.41) is 15.5. The quantitative estimate of drug-likeness (QED) is 0.478. The molecule has 0 aliphatic carbocycles. The van der Waals surface area contributed by atoms with Crippen LogP contribution in [0.15, 0.2) is 42.7 Å². The van der Waals surface area contributed by atoms with Crippen LogP contribution in [0.1, 0.15) is 25.3 Å². The lowest BCUT2D eigenvalue weighted by molar-refractivity contribution is 0.438. The SMILES string of the molecule is CC1CCN(c2nc(-c3ccc(C#N)cc3)c(-c3cnc4c(cnn4C)c3)s2)CC1. The molecule has 1 aromatic carbocycles. The summed E-state index contributed by atoms with van der Waals surface area (Å²) < 4.78 is 1.79. The summed E-state index contributed by atoms with van der Waals surface area (Å²) in [6.07, 6.45) is 6.16. The molecule has 0 unspecified atom stereocenters. The molecular formula is C23H22N6S.